The van der Waals surface area contributed by atoms with Crippen molar-refractivity contribution in [3.8, 4) is 16.9 Å². The third-order valence-corrected chi connectivity index (χ3v) is 4.61. The molecule has 2 aromatic carbocycles. The normalized spacial score (nSPS) is 11.1. The van der Waals surface area contributed by atoms with E-state index in [1.54, 1.807) is 11.0 Å². The molecule has 27 heavy (non-hydrogen) atoms. The van der Waals surface area contributed by atoms with E-state index in [0.29, 0.717) is 18.1 Å². The molecule has 0 radical (unpaired) electrons. The van der Waals surface area contributed by atoms with Crippen LogP contribution < -0.4 is 0 Å². The zero-order valence-corrected chi connectivity index (χ0v) is 16.2. The third kappa shape index (κ3) is 4.47. The Morgan fingerprint density at radius 2 is 1.74 bits per heavy atom. The molecule has 4 nitrogen and oxygen atoms in total. The van der Waals surface area contributed by atoms with E-state index in [-0.39, 0.29) is 5.91 Å². The monoisotopic (exact) mass is 379 g/mol. The molecular formula is C22H22ClN3O. The number of carbonyl (C=O) groups excluding carboxylic acids is 1. The van der Waals surface area contributed by atoms with Crippen molar-refractivity contribution in [1.82, 2.24) is 14.7 Å². The molecular weight excluding hydrogens is 358 g/mol. The Morgan fingerprint density at radius 3 is 2.37 bits per heavy atom. The highest BCUT2D eigenvalue weighted by molar-refractivity contribution is 6.30. The maximum Gasteiger partial charge on any atom is 0.246 e. The second kappa shape index (κ2) is 8.69. The molecule has 0 aliphatic rings. The summed E-state index contributed by atoms with van der Waals surface area (Å²) in [6.45, 7) is 5.32. The lowest BCUT2D eigenvalue weighted by atomic mass is 10.1. The zero-order chi connectivity index (χ0) is 19.2. The molecule has 1 amide bonds. The van der Waals surface area contributed by atoms with Gasteiger partial charge in [0, 0.05) is 41.5 Å². The van der Waals surface area contributed by atoms with Gasteiger partial charge in [-0.3, -0.25) is 4.79 Å². The van der Waals surface area contributed by atoms with Gasteiger partial charge in [-0.1, -0.05) is 41.9 Å². The van der Waals surface area contributed by atoms with Gasteiger partial charge in [0.05, 0.1) is 11.4 Å². The predicted molar refractivity (Wildman–Crippen MR) is 111 cm³/mol. The van der Waals surface area contributed by atoms with Crippen molar-refractivity contribution in [2.45, 2.75) is 13.8 Å². The molecule has 138 valence electrons. The second-order valence-electron chi connectivity index (χ2n) is 6.06. The lowest BCUT2D eigenvalue weighted by Crippen LogP contribution is -2.28. The van der Waals surface area contributed by atoms with Gasteiger partial charge in [0.25, 0.3) is 0 Å². The van der Waals surface area contributed by atoms with Crippen LogP contribution in [0.15, 0.2) is 66.9 Å². The number of likely N-dealkylation sites (N-methyl/N-ethyl adjacent to an activating group) is 1. The summed E-state index contributed by atoms with van der Waals surface area (Å²) in [4.78, 5) is 14.1. The molecule has 0 saturated heterocycles. The number of carbonyl (C=O) groups is 1. The van der Waals surface area contributed by atoms with Crippen LogP contribution in [0.3, 0.4) is 0 Å². The van der Waals surface area contributed by atoms with E-state index in [4.69, 9.17) is 16.7 Å². The summed E-state index contributed by atoms with van der Waals surface area (Å²) in [6, 6.07) is 17.4. The zero-order valence-electron chi connectivity index (χ0n) is 15.5. The Labute approximate surface area is 164 Å². The smallest absolute Gasteiger partial charge is 0.246 e. The lowest BCUT2D eigenvalue weighted by Gasteiger charge is -2.15. The second-order valence-corrected chi connectivity index (χ2v) is 6.50. The van der Waals surface area contributed by atoms with Crippen LogP contribution in [-0.4, -0.2) is 33.7 Å². The fourth-order valence-corrected chi connectivity index (χ4v) is 2.98. The minimum atomic E-state index is -0.00508. The molecule has 0 aliphatic heterocycles. The van der Waals surface area contributed by atoms with E-state index in [9.17, 15) is 4.79 Å². The first-order chi connectivity index (χ1) is 13.1. The number of halogens is 1. The summed E-state index contributed by atoms with van der Waals surface area (Å²) in [5, 5.41) is 5.42. The molecule has 0 spiro atoms. The minimum absolute atomic E-state index is 0.00508. The van der Waals surface area contributed by atoms with E-state index in [0.717, 1.165) is 22.5 Å². The minimum Gasteiger partial charge on any atom is -0.340 e. The Bertz CT molecular complexity index is 926. The number of aromatic nitrogens is 2. The Hall–Kier alpha value is -2.85. The molecule has 0 bridgehead atoms. The van der Waals surface area contributed by atoms with Crippen molar-refractivity contribution in [1.29, 1.82) is 0 Å². The number of hydrogen-bond acceptors (Lipinski definition) is 2. The fourth-order valence-electron chi connectivity index (χ4n) is 2.86. The van der Waals surface area contributed by atoms with Crippen LogP contribution in [0.25, 0.3) is 23.0 Å². The highest BCUT2D eigenvalue weighted by Crippen LogP contribution is 2.26. The molecule has 0 fully saturated rings. The first kappa shape index (κ1) is 18.9. The number of amides is 1. The Morgan fingerprint density at radius 1 is 1.07 bits per heavy atom. The topological polar surface area (TPSA) is 38.1 Å². The maximum absolute atomic E-state index is 12.3. The van der Waals surface area contributed by atoms with Gasteiger partial charge in [0.2, 0.25) is 5.91 Å². The number of benzene rings is 2. The molecule has 5 heteroatoms. The highest BCUT2D eigenvalue weighted by Gasteiger charge is 2.12. The number of para-hydroxylation sites is 1. The SMILES string of the molecule is CCN(CC)C(=O)C=Cc1cn(-c2ccccc2)nc1-c1ccc(Cl)cc1. The quantitative estimate of drug-likeness (QED) is 0.560. The summed E-state index contributed by atoms with van der Waals surface area (Å²) < 4.78 is 1.82. The van der Waals surface area contributed by atoms with Crippen molar-refractivity contribution in [2.24, 2.45) is 0 Å². The fraction of sp³-hybridized carbons (Fsp3) is 0.182. The molecule has 3 aromatic rings. The summed E-state index contributed by atoms with van der Waals surface area (Å²) in [5.74, 6) is -0.00508. The van der Waals surface area contributed by atoms with Gasteiger partial charge in [-0.2, -0.15) is 5.10 Å². The number of nitrogens with zero attached hydrogens (tertiary/aromatic N) is 3. The highest BCUT2D eigenvalue weighted by atomic mass is 35.5. The van der Waals surface area contributed by atoms with Gasteiger partial charge >= 0.3 is 0 Å². The average Bonchev–Trinajstić information content (AvgIpc) is 3.13. The van der Waals surface area contributed by atoms with Gasteiger partial charge in [0.15, 0.2) is 0 Å². The summed E-state index contributed by atoms with van der Waals surface area (Å²) in [6.07, 6.45) is 5.38. The van der Waals surface area contributed by atoms with E-state index in [1.807, 2.05) is 85.4 Å². The molecule has 3 rings (SSSR count). The van der Waals surface area contributed by atoms with Crippen molar-refractivity contribution in [3.63, 3.8) is 0 Å². The average molecular weight is 380 g/mol. The molecule has 0 aliphatic carbocycles. The first-order valence-electron chi connectivity index (χ1n) is 9.00. The summed E-state index contributed by atoms with van der Waals surface area (Å²) >= 11 is 6.02. The van der Waals surface area contributed by atoms with Crippen LogP contribution in [0.5, 0.6) is 0 Å². The van der Waals surface area contributed by atoms with Gasteiger partial charge < -0.3 is 4.90 Å². The maximum atomic E-state index is 12.3. The van der Waals surface area contributed by atoms with Crippen molar-refractivity contribution in [3.05, 3.63) is 77.5 Å². The third-order valence-electron chi connectivity index (χ3n) is 4.36. The first-order valence-corrected chi connectivity index (χ1v) is 9.38. The van der Waals surface area contributed by atoms with Crippen LogP contribution in [0, 0.1) is 0 Å². The standard InChI is InChI=1S/C22H22ClN3O/c1-3-25(4-2)21(27)15-12-18-16-26(20-8-6-5-7-9-20)24-22(18)17-10-13-19(23)14-11-17/h5-16H,3-4H2,1-2H3. The van der Waals surface area contributed by atoms with E-state index in [2.05, 4.69) is 0 Å². The Balaban J connectivity index is 2.01. The molecule has 0 atom stereocenters. The predicted octanol–water partition coefficient (Wildman–Crippen LogP) is 5.07. The number of rotatable bonds is 6. The van der Waals surface area contributed by atoms with Crippen LogP contribution >= 0.6 is 11.6 Å². The van der Waals surface area contributed by atoms with Crippen LogP contribution in [-0.2, 0) is 4.79 Å². The molecule has 0 N–H and O–H groups in total. The summed E-state index contributed by atoms with van der Waals surface area (Å²) in [5.41, 5.74) is 3.59. The van der Waals surface area contributed by atoms with Gasteiger partial charge in [-0.05, 0) is 44.2 Å². The largest absolute Gasteiger partial charge is 0.340 e. The lowest BCUT2D eigenvalue weighted by molar-refractivity contribution is -0.125. The van der Waals surface area contributed by atoms with Gasteiger partial charge in [-0.25, -0.2) is 4.68 Å². The summed E-state index contributed by atoms with van der Waals surface area (Å²) in [7, 11) is 0. The molecule has 1 heterocycles. The van der Waals surface area contributed by atoms with Crippen molar-refractivity contribution < 1.29 is 4.79 Å². The Kier molecular flexibility index (Phi) is 6.09. The molecule has 1 aromatic heterocycles. The van der Waals surface area contributed by atoms with Crippen molar-refractivity contribution >= 4 is 23.6 Å². The van der Waals surface area contributed by atoms with Crippen molar-refractivity contribution in [2.75, 3.05) is 13.1 Å². The van der Waals surface area contributed by atoms with Crippen LogP contribution in [0.2, 0.25) is 5.02 Å². The molecule has 0 saturated carbocycles. The van der Waals surface area contributed by atoms with E-state index >= 15 is 0 Å². The number of hydrogen-bond donors (Lipinski definition) is 0. The van der Waals surface area contributed by atoms with Gasteiger partial charge in [-0.15, -0.1) is 0 Å². The van der Waals surface area contributed by atoms with Crippen LogP contribution in [0.1, 0.15) is 19.4 Å². The van der Waals surface area contributed by atoms with Gasteiger partial charge in [0.1, 0.15) is 0 Å². The van der Waals surface area contributed by atoms with Crippen LogP contribution in [0.4, 0.5) is 0 Å². The van der Waals surface area contributed by atoms with E-state index < -0.39 is 0 Å². The van der Waals surface area contributed by atoms with E-state index in [1.165, 1.54) is 0 Å². The molecule has 0 unspecified atom stereocenters.